The molecule has 1 aromatic carbocycles. The lowest BCUT2D eigenvalue weighted by Gasteiger charge is -2.25. The van der Waals surface area contributed by atoms with E-state index >= 15 is 0 Å². The van der Waals surface area contributed by atoms with Gasteiger partial charge in [-0.2, -0.15) is 0 Å². The van der Waals surface area contributed by atoms with Crippen LogP contribution in [0.4, 0.5) is 10.1 Å². The Bertz CT molecular complexity index is 555. The Morgan fingerprint density at radius 3 is 2.72 bits per heavy atom. The number of nitrogens with two attached hydrogens (primary N) is 1. The Hall–Kier alpha value is -1.94. The van der Waals surface area contributed by atoms with Crippen molar-refractivity contribution in [3.05, 3.63) is 59.7 Å². The first-order valence-corrected chi connectivity index (χ1v) is 5.66. The highest BCUT2D eigenvalue weighted by atomic mass is 19.1. The predicted octanol–water partition coefficient (Wildman–Crippen LogP) is 2.25. The normalized spacial score (nSPS) is 14.2. The monoisotopic (exact) mass is 246 g/mol. The molecule has 0 fully saturated rings. The van der Waals surface area contributed by atoms with E-state index in [0.29, 0.717) is 16.8 Å². The van der Waals surface area contributed by atoms with Gasteiger partial charge in [-0.25, -0.2) is 4.39 Å². The topological polar surface area (TPSA) is 59.1 Å². The number of rotatable bonds is 3. The van der Waals surface area contributed by atoms with Crippen LogP contribution in [0.1, 0.15) is 18.1 Å². The van der Waals surface area contributed by atoms with Crippen LogP contribution in [-0.2, 0) is 12.0 Å². The van der Waals surface area contributed by atoms with E-state index in [1.165, 1.54) is 12.3 Å². The van der Waals surface area contributed by atoms with E-state index in [9.17, 15) is 9.50 Å². The van der Waals surface area contributed by atoms with Crippen molar-refractivity contribution in [3.8, 4) is 0 Å². The summed E-state index contributed by atoms with van der Waals surface area (Å²) in [6.07, 6.45) is 3.21. The van der Waals surface area contributed by atoms with Crippen LogP contribution in [-0.4, -0.2) is 10.1 Å². The zero-order valence-electron chi connectivity index (χ0n) is 10.1. The Morgan fingerprint density at radius 1 is 1.33 bits per heavy atom. The maximum absolute atomic E-state index is 13.6. The molecule has 0 saturated carbocycles. The van der Waals surface area contributed by atoms with Gasteiger partial charge in [0.15, 0.2) is 0 Å². The molecule has 0 spiro atoms. The van der Waals surface area contributed by atoms with Crippen molar-refractivity contribution in [2.75, 3.05) is 5.73 Å². The van der Waals surface area contributed by atoms with Gasteiger partial charge >= 0.3 is 0 Å². The van der Waals surface area contributed by atoms with Crippen LogP contribution < -0.4 is 5.73 Å². The quantitative estimate of drug-likeness (QED) is 0.873. The summed E-state index contributed by atoms with van der Waals surface area (Å²) < 4.78 is 13.6. The fourth-order valence-corrected chi connectivity index (χ4v) is 1.96. The van der Waals surface area contributed by atoms with E-state index in [-0.39, 0.29) is 12.2 Å². The van der Waals surface area contributed by atoms with Gasteiger partial charge in [-0.3, -0.25) is 4.98 Å². The van der Waals surface area contributed by atoms with Crippen LogP contribution in [0.2, 0.25) is 0 Å². The fraction of sp³-hybridized carbons (Fsp3) is 0.214. The SMILES string of the molecule is CC(O)(Cc1ccccc1F)c1cnccc1N. The van der Waals surface area contributed by atoms with Gasteiger partial charge in [-0.15, -0.1) is 0 Å². The Balaban J connectivity index is 2.33. The number of aromatic nitrogens is 1. The van der Waals surface area contributed by atoms with Crippen molar-refractivity contribution in [3.63, 3.8) is 0 Å². The number of halogens is 1. The summed E-state index contributed by atoms with van der Waals surface area (Å²) >= 11 is 0. The number of aliphatic hydroxyl groups is 1. The average Bonchev–Trinajstić information content (AvgIpc) is 2.32. The molecule has 0 amide bonds. The third-order valence-corrected chi connectivity index (χ3v) is 2.93. The van der Waals surface area contributed by atoms with E-state index in [2.05, 4.69) is 4.98 Å². The van der Waals surface area contributed by atoms with Crippen molar-refractivity contribution < 1.29 is 9.50 Å². The van der Waals surface area contributed by atoms with Crippen molar-refractivity contribution in [2.24, 2.45) is 0 Å². The summed E-state index contributed by atoms with van der Waals surface area (Å²) in [5, 5.41) is 10.5. The van der Waals surface area contributed by atoms with Gasteiger partial charge in [0.25, 0.3) is 0 Å². The molecular weight excluding hydrogens is 231 g/mol. The van der Waals surface area contributed by atoms with Gasteiger partial charge in [-0.1, -0.05) is 18.2 Å². The van der Waals surface area contributed by atoms with Crippen molar-refractivity contribution in [1.29, 1.82) is 0 Å². The van der Waals surface area contributed by atoms with E-state index in [4.69, 9.17) is 5.73 Å². The Kier molecular flexibility index (Phi) is 3.30. The highest BCUT2D eigenvalue weighted by Gasteiger charge is 2.27. The molecule has 0 aliphatic rings. The van der Waals surface area contributed by atoms with E-state index in [0.717, 1.165) is 0 Å². The van der Waals surface area contributed by atoms with Crippen LogP contribution in [0.25, 0.3) is 0 Å². The van der Waals surface area contributed by atoms with Gasteiger partial charge < -0.3 is 10.8 Å². The molecule has 0 radical (unpaired) electrons. The molecule has 1 aromatic heterocycles. The van der Waals surface area contributed by atoms with Crippen LogP contribution in [0.5, 0.6) is 0 Å². The molecule has 1 unspecified atom stereocenters. The second kappa shape index (κ2) is 4.74. The molecule has 3 N–H and O–H groups in total. The van der Waals surface area contributed by atoms with Crippen molar-refractivity contribution >= 4 is 5.69 Å². The lowest BCUT2D eigenvalue weighted by molar-refractivity contribution is 0.0571. The molecule has 4 heteroatoms. The molecule has 1 heterocycles. The van der Waals surface area contributed by atoms with Crippen LogP contribution in [0, 0.1) is 5.82 Å². The fourth-order valence-electron chi connectivity index (χ4n) is 1.96. The minimum Gasteiger partial charge on any atom is -0.398 e. The molecule has 0 saturated heterocycles. The number of nitrogens with zero attached hydrogens (tertiary/aromatic N) is 1. The standard InChI is InChI=1S/C14H15FN2O/c1-14(18,11-9-17-7-6-13(11)16)8-10-4-2-3-5-12(10)15/h2-7,9,18H,8H2,1H3,(H2,16,17). The zero-order valence-corrected chi connectivity index (χ0v) is 10.1. The van der Waals surface area contributed by atoms with Gasteiger partial charge in [0.2, 0.25) is 0 Å². The third kappa shape index (κ3) is 2.49. The first-order valence-electron chi connectivity index (χ1n) is 5.66. The van der Waals surface area contributed by atoms with Crippen LogP contribution in [0.15, 0.2) is 42.7 Å². The van der Waals surface area contributed by atoms with Crippen molar-refractivity contribution in [1.82, 2.24) is 4.98 Å². The van der Waals surface area contributed by atoms with Crippen molar-refractivity contribution in [2.45, 2.75) is 18.9 Å². The Morgan fingerprint density at radius 2 is 2.06 bits per heavy atom. The predicted molar refractivity (Wildman–Crippen MR) is 68.3 cm³/mol. The van der Waals surface area contributed by atoms with E-state index in [1.54, 1.807) is 37.4 Å². The summed E-state index contributed by atoms with van der Waals surface area (Å²) in [5.41, 5.74) is 5.96. The minimum atomic E-state index is -1.25. The highest BCUT2D eigenvalue weighted by molar-refractivity contribution is 5.48. The summed E-state index contributed by atoms with van der Waals surface area (Å²) in [5.74, 6) is -0.333. The molecule has 2 aromatic rings. The highest BCUT2D eigenvalue weighted by Crippen LogP contribution is 2.29. The van der Waals surface area contributed by atoms with Gasteiger partial charge in [-0.05, 0) is 24.6 Å². The third-order valence-electron chi connectivity index (χ3n) is 2.93. The molecule has 18 heavy (non-hydrogen) atoms. The second-order valence-corrected chi connectivity index (χ2v) is 4.50. The lowest BCUT2D eigenvalue weighted by atomic mass is 9.89. The minimum absolute atomic E-state index is 0.148. The first-order chi connectivity index (χ1) is 8.50. The van der Waals surface area contributed by atoms with Crippen LogP contribution in [0.3, 0.4) is 0 Å². The maximum Gasteiger partial charge on any atom is 0.126 e. The number of benzene rings is 1. The number of anilines is 1. The molecule has 2 rings (SSSR count). The van der Waals surface area contributed by atoms with E-state index < -0.39 is 5.60 Å². The smallest absolute Gasteiger partial charge is 0.126 e. The number of hydrogen-bond acceptors (Lipinski definition) is 3. The number of hydrogen-bond donors (Lipinski definition) is 2. The molecule has 1 atom stereocenters. The molecule has 0 aliphatic carbocycles. The molecule has 3 nitrogen and oxygen atoms in total. The van der Waals surface area contributed by atoms with E-state index in [1.807, 2.05) is 0 Å². The largest absolute Gasteiger partial charge is 0.398 e. The molecule has 0 aliphatic heterocycles. The van der Waals surface area contributed by atoms with Gasteiger partial charge in [0, 0.05) is 30.1 Å². The molecular formula is C14H15FN2O. The molecule has 0 bridgehead atoms. The summed E-state index contributed by atoms with van der Waals surface area (Å²) in [7, 11) is 0. The average molecular weight is 246 g/mol. The molecule has 94 valence electrons. The first kappa shape index (κ1) is 12.5. The number of nitrogen functional groups attached to an aromatic ring is 1. The number of pyridine rings is 1. The van der Waals surface area contributed by atoms with Gasteiger partial charge in [0.1, 0.15) is 5.82 Å². The maximum atomic E-state index is 13.6. The zero-order chi connectivity index (χ0) is 13.2. The lowest BCUT2D eigenvalue weighted by Crippen LogP contribution is -2.26. The van der Waals surface area contributed by atoms with Crippen LogP contribution >= 0.6 is 0 Å². The van der Waals surface area contributed by atoms with Gasteiger partial charge in [0.05, 0.1) is 5.60 Å². The second-order valence-electron chi connectivity index (χ2n) is 4.50. The summed E-state index contributed by atoms with van der Waals surface area (Å²) in [6, 6.07) is 7.99. The summed E-state index contributed by atoms with van der Waals surface area (Å²) in [6.45, 7) is 1.60. The summed E-state index contributed by atoms with van der Waals surface area (Å²) in [4.78, 5) is 3.94. The Labute approximate surface area is 105 Å².